The van der Waals surface area contributed by atoms with E-state index in [4.69, 9.17) is 21.4 Å². The molecule has 1 aromatic rings. The van der Waals surface area contributed by atoms with E-state index in [-0.39, 0.29) is 6.10 Å². The number of hydrogen-bond acceptors (Lipinski definition) is 3. The van der Waals surface area contributed by atoms with Gasteiger partial charge in [0.1, 0.15) is 6.10 Å². The molecule has 2 rings (SSSR count). The third kappa shape index (κ3) is 2.33. The first kappa shape index (κ1) is 10.9. The summed E-state index contributed by atoms with van der Waals surface area (Å²) in [6.07, 6.45) is 1.16. The third-order valence-electron chi connectivity index (χ3n) is 2.51. The number of carbonyl (C=O) groups is 1. The Hall–Kier alpha value is -0.580. The fourth-order valence-corrected chi connectivity index (χ4v) is 2.99. The van der Waals surface area contributed by atoms with E-state index in [1.54, 1.807) is 11.4 Å². The number of rotatable bonds is 2. The maximum Gasteiger partial charge on any atom is 0.309 e. The largest absolute Gasteiger partial charge is 0.481 e. The molecule has 1 aliphatic heterocycles. The summed E-state index contributed by atoms with van der Waals surface area (Å²) in [6.45, 7) is 0.629. The lowest BCUT2D eigenvalue weighted by Crippen LogP contribution is -2.28. The highest BCUT2D eigenvalue weighted by Gasteiger charge is 2.33. The molecule has 0 amide bonds. The number of carboxylic acid groups (broad SMARTS) is 1. The summed E-state index contributed by atoms with van der Waals surface area (Å²) in [7, 11) is 0. The molecular formula is C10H11ClO3S. The molecule has 2 heterocycles. The molecule has 0 bridgehead atoms. The van der Waals surface area contributed by atoms with Crippen LogP contribution in [0.25, 0.3) is 0 Å². The van der Waals surface area contributed by atoms with Gasteiger partial charge in [0, 0.05) is 16.9 Å². The SMILES string of the molecule is O=C(O)C1CCCOC1c1cc(Cl)cs1. The van der Waals surface area contributed by atoms with Gasteiger partial charge in [-0.2, -0.15) is 0 Å². The smallest absolute Gasteiger partial charge is 0.309 e. The highest BCUT2D eigenvalue weighted by molar-refractivity contribution is 7.10. The Morgan fingerprint density at radius 2 is 2.47 bits per heavy atom. The first-order valence-electron chi connectivity index (χ1n) is 4.77. The van der Waals surface area contributed by atoms with Gasteiger partial charge in [-0.3, -0.25) is 4.79 Å². The van der Waals surface area contributed by atoms with Gasteiger partial charge in [0.15, 0.2) is 0 Å². The van der Waals surface area contributed by atoms with E-state index >= 15 is 0 Å². The maximum atomic E-state index is 11.0. The predicted octanol–water partition coefficient (Wildman–Crippen LogP) is 2.95. The molecule has 15 heavy (non-hydrogen) atoms. The van der Waals surface area contributed by atoms with Gasteiger partial charge < -0.3 is 9.84 Å². The monoisotopic (exact) mass is 246 g/mol. The quantitative estimate of drug-likeness (QED) is 0.873. The number of thiophene rings is 1. The standard InChI is InChI=1S/C10H11ClO3S/c11-6-4-8(15-5-6)9-7(10(12)13)2-1-3-14-9/h4-5,7,9H,1-3H2,(H,12,13). The molecule has 82 valence electrons. The highest BCUT2D eigenvalue weighted by atomic mass is 35.5. The first-order valence-corrected chi connectivity index (χ1v) is 6.02. The lowest BCUT2D eigenvalue weighted by atomic mass is 9.93. The molecule has 2 unspecified atom stereocenters. The van der Waals surface area contributed by atoms with Gasteiger partial charge in [-0.25, -0.2) is 0 Å². The van der Waals surface area contributed by atoms with Gasteiger partial charge >= 0.3 is 5.97 Å². The lowest BCUT2D eigenvalue weighted by molar-refractivity contribution is -0.151. The Morgan fingerprint density at radius 1 is 1.67 bits per heavy atom. The van der Waals surface area contributed by atoms with E-state index in [0.29, 0.717) is 18.1 Å². The molecule has 2 atom stereocenters. The van der Waals surface area contributed by atoms with Crippen LogP contribution in [0.15, 0.2) is 11.4 Å². The molecule has 1 aromatic heterocycles. The van der Waals surface area contributed by atoms with Crippen LogP contribution in [0.2, 0.25) is 5.02 Å². The zero-order chi connectivity index (χ0) is 10.8. The van der Waals surface area contributed by atoms with Crippen LogP contribution in [0.1, 0.15) is 23.8 Å². The minimum absolute atomic E-state index is 0.325. The molecule has 0 spiro atoms. The summed E-state index contributed by atoms with van der Waals surface area (Å²) >= 11 is 7.27. The van der Waals surface area contributed by atoms with Gasteiger partial charge in [-0.05, 0) is 18.9 Å². The van der Waals surface area contributed by atoms with Crippen molar-refractivity contribution in [2.75, 3.05) is 6.61 Å². The van der Waals surface area contributed by atoms with E-state index < -0.39 is 11.9 Å². The molecule has 3 nitrogen and oxygen atoms in total. The zero-order valence-electron chi connectivity index (χ0n) is 7.98. The maximum absolute atomic E-state index is 11.0. The summed E-state index contributed by atoms with van der Waals surface area (Å²) < 4.78 is 5.52. The summed E-state index contributed by atoms with van der Waals surface area (Å²) in [6, 6.07) is 1.79. The summed E-state index contributed by atoms with van der Waals surface area (Å²) in [5, 5.41) is 11.5. The Bertz CT molecular complexity index is 363. The molecule has 0 saturated carbocycles. The minimum atomic E-state index is -0.788. The van der Waals surface area contributed by atoms with Gasteiger partial charge in [-0.1, -0.05) is 11.6 Å². The van der Waals surface area contributed by atoms with Crippen LogP contribution in [0.5, 0.6) is 0 Å². The van der Waals surface area contributed by atoms with Crippen molar-refractivity contribution in [2.24, 2.45) is 5.92 Å². The van der Waals surface area contributed by atoms with Crippen molar-refractivity contribution in [1.29, 1.82) is 0 Å². The average Bonchev–Trinajstić information content (AvgIpc) is 2.65. The average molecular weight is 247 g/mol. The topological polar surface area (TPSA) is 46.5 Å². The minimum Gasteiger partial charge on any atom is -0.481 e. The molecule has 1 N–H and O–H groups in total. The molecule has 1 aliphatic rings. The second-order valence-corrected chi connectivity index (χ2v) is 4.92. The van der Waals surface area contributed by atoms with Crippen molar-refractivity contribution < 1.29 is 14.6 Å². The van der Waals surface area contributed by atoms with Gasteiger partial charge in [0.2, 0.25) is 0 Å². The van der Waals surface area contributed by atoms with E-state index in [0.717, 1.165) is 11.3 Å². The van der Waals surface area contributed by atoms with Crippen LogP contribution in [0.3, 0.4) is 0 Å². The van der Waals surface area contributed by atoms with E-state index in [2.05, 4.69) is 0 Å². The second-order valence-electron chi connectivity index (χ2n) is 3.55. The van der Waals surface area contributed by atoms with Crippen LogP contribution in [0, 0.1) is 5.92 Å². The van der Waals surface area contributed by atoms with Gasteiger partial charge in [-0.15, -0.1) is 11.3 Å². The fourth-order valence-electron chi connectivity index (χ4n) is 1.79. The first-order chi connectivity index (χ1) is 7.18. The van der Waals surface area contributed by atoms with Crippen LogP contribution in [-0.2, 0) is 9.53 Å². The summed E-state index contributed by atoms with van der Waals surface area (Å²) in [4.78, 5) is 11.9. The van der Waals surface area contributed by atoms with Crippen molar-refractivity contribution >= 4 is 28.9 Å². The van der Waals surface area contributed by atoms with Crippen LogP contribution >= 0.6 is 22.9 Å². The Labute approximate surface area is 96.6 Å². The van der Waals surface area contributed by atoms with Gasteiger partial charge in [0.05, 0.1) is 10.9 Å². The summed E-state index contributed by atoms with van der Waals surface area (Å²) in [5.41, 5.74) is 0. The number of ether oxygens (including phenoxy) is 1. The molecule has 0 radical (unpaired) electrons. The highest BCUT2D eigenvalue weighted by Crippen LogP contribution is 2.37. The molecule has 0 aromatic carbocycles. The van der Waals surface area contributed by atoms with Crippen molar-refractivity contribution in [3.63, 3.8) is 0 Å². The molecule has 1 fully saturated rings. The van der Waals surface area contributed by atoms with E-state index in [9.17, 15) is 4.79 Å². The fraction of sp³-hybridized carbons (Fsp3) is 0.500. The van der Waals surface area contributed by atoms with Gasteiger partial charge in [0.25, 0.3) is 0 Å². The Balaban J connectivity index is 2.21. The number of hydrogen-bond donors (Lipinski definition) is 1. The third-order valence-corrected chi connectivity index (χ3v) is 3.85. The van der Waals surface area contributed by atoms with Crippen LogP contribution in [0.4, 0.5) is 0 Å². The lowest BCUT2D eigenvalue weighted by Gasteiger charge is -2.27. The van der Waals surface area contributed by atoms with Crippen LogP contribution < -0.4 is 0 Å². The Kier molecular flexibility index (Phi) is 3.29. The molecule has 0 aliphatic carbocycles. The number of carboxylic acids is 1. The normalized spacial score (nSPS) is 26.5. The van der Waals surface area contributed by atoms with E-state index in [1.165, 1.54) is 11.3 Å². The predicted molar refractivity (Wildman–Crippen MR) is 58.4 cm³/mol. The number of halogens is 1. The molecule has 5 heteroatoms. The zero-order valence-corrected chi connectivity index (χ0v) is 9.55. The second kappa shape index (κ2) is 4.51. The van der Waals surface area contributed by atoms with Crippen molar-refractivity contribution in [3.05, 3.63) is 21.3 Å². The van der Waals surface area contributed by atoms with Crippen molar-refractivity contribution in [1.82, 2.24) is 0 Å². The molecule has 1 saturated heterocycles. The molecular weight excluding hydrogens is 236 g/mol. The summed E-state index contributed by atoms with van der Waals surface area (Å²) in [5.74, 6) is -1.22. The van der Waals surface area contributed by atoms with E-state index in [1.807, 2.05) is 0 Å². The Morgan fingerprint density at radius 3 is 3.07 bits per heavy atom. The number of aliphatic carboxylic acids is 1. The van der Waals surface area contributed by atoms with Crippen LogP contribution in [-0.4, -0.2) is 17.7 Å². The van der Waals surface area contributed by atoms with Crippen molar-refractivity contribution in [2.45, 2.75) is 18.9 Å². The van der Waals surface area contributed by atoms with Crippen molar-refractivity contribution in [3.8, 4) is 0 Å².